The monoisotopic (exact) mass is 406 g/mol. The van der Waals surface area contributed by atoms with E-state index >= 15 is 0 Å². The van der Waals surface area contributed by atoms with Gasteiger partial charge in [-0.15, -0.1) is 11.3 Å². The number of piperidine rings is 1. The molecule has 1 aliphatic heterocycles. The molecular weight excluding hydrogens is 380 g/mol. The van der Waals surface area contributed by atoms with E-state index in [1.165, 1.54) is 23.9 Å². The summed E-state index contributed by atoms with van der Waals surface area (Å²) in [6, 6.07) is 10.3. The number of carbonyl (C=O) groups is 1. The Hall–Kier alpha value is -1.54. The van der Waals surface area contributed by atoms with Gasteiger partial charge in [0.05, 0.1) is 10.9 Å². The van der Waals surface area contributed by atoms with E-state index in [1.54, 1.807) is 23.5 Å². The zero-order valence-electron chi connectivity index (χ0n) is 15.7. The highest BCUT2D eigenvalue weighted by atomic mass is 32.2. The number of hydrogen-bond donors (Lipinski definition) is 1. The molecule has 1 unspecified atom stereocenters. The van der Waals surface area contributed by atoms with Crippen LogP contribution in [0.15, 0.2) is 46.7 Å². The van der Waals surface area contributed by atoms with Crippen molar-refractivity contribution in [1.29, 1.82) is 0 Å². The third kappa shape index (κ3) is 5.04. The molecule has 1 N–H and O–H groups in total. The van der Waals surface area contributed by atoms with Crippen molar-refractivity contribution in [1.82, 2.24) is 9.62 Å². The van der Waals surface area contributed by atoms with Crippen molar-refractivity contribution in [2.75, 3.05) is 19.6 Å². The van der Waals surface area contributed by atoms with E-state index in [2.05, 4.69) is 22.6 Å². The summed E-state index contributed by atoms with van der Waals surface area (Å²) in [5.41, 5.74) is 0.401. The van der Waals surface area contributed by atoms with Gasteiger partial charge in [0, 0.05) is 17.0 Å². The summed E-state index contributed by atoms with van der Waals surface area (Å²) in [4.78, 5) is 15.2. The molecule has 1 aliphatic rings. The van der Waals surface area contributed by atoms with E-state index in [1.807, 2.05) is 11.4 Å². The zero-order valence-corrected chi connectivity index (χ0v) is 17.4. The van der Waals surface area contributed by atoms with Gasteiger partial charge in [-0.25, -0.2) is 13.1 Å². The number of rotatable bonds is 7. The van der Waals surface area contributed by atoms with Crippen molar-refractivity contribution in [2.24, 2.45) is 5.92 Å². The molecule has 3 rings (SSSR count). The smallest absolute Gasteiger partial charge is 0.240 e. The Kier molecular flexibility index (Phi) is 6.47. The van der Waals surface area contributed by atoms with Crippen molar-refractivity contribution in [2.45, 2.75) is 37.6 Å². The molecule has 2 heterocycles. The molecule has 1 saturated heterocycles. The molecule has 0 saturated carbocycles. The molecule has 27 heavy (non-hydrogen) atoms. The van der Waals surface area contributed by atoms with Crippen LogP contribution in [-0.2, 0) is 10.0 Å². The number of nitrogens with zero attached hydrogens (tertiary/aromatic N) is 1. The van der Waals surface area contributed by atoms with Crippen LogP contribution >= 0.6 is 11.3 Å². The molecule has 0 aliphatic carbocycles. The fourth-order valence-electron chi connectivity index (χ4n) is 3.38. The van der Waals surface area contributed by atoms with Crippen LogP contribution in [0.25, 0.3) is 0 Å². The molecule has 0 spiro atoms. The molecule has 1 aromatic carbocycles. The summed E-state index contributed by atoms with van der Waals surface area (Å²) < 4.78 is 28.3. The minimum Gasteiger partial charge on any atom is -0.295 e. The van der Waals surface area contributed by atoms with Gasteiger partial charge >= 0.3 is 0 Å². The van der Waals surface area contributed by atoms with Crippen molar-refractivity contribution >= 4 is 27.1 Å². The Morgan fingerprint density at radius 3 is 2.63 bits per heavy atom. The maximum absolute atomic E-state index is 12.8. The van der Waals surface area contributed by atoms with Gasteiger partial charge in [-0.2, -0.15) is 0 Å². The third-order valence-corrected chi connectivity index (χ3v) is 7.54. The first-order valence-electron chi connectivity index (χ1n) is 9.25. The number of sulfonamides is 1. The molecule has 0 radical (unpaired) electrons. The van der Waals surface area contributed by atoms with Crippen LogP contribution in [-0.4, -0.2) is 38.7 Å². The van der Waals surface area contributed by atoms with Crippen LogP contribution in [0.2, 0.25) is 0 Å². The van der Waals surface area contributed by atoms with Gasteiger partial charge < -0.3 is 0 Å². The van der Waals surface area contributed by atoms with Crippen LogP contribution < -0.4 is 4.72 Å². The molecule has 0 amide bonds. The van der Waals surface area contributed by atoms with Crippen molar-refractivity contribution in [3.05, 3.63) is 52.2 Å². The Bertz CT molecular complexity index is 870. The van der Waals surface area contributed by atoms with Gasteiger partial charge in [-0.3, -0.25) is 9.69 Å². The predicted molar refractivity (Wildman–Crippen MR) is 109 cm³/mol. The normalized spacial score (nSPS) is 17.7. The van der Waals surface area contributed by atoms with E-state index < -0.39 is 10.0 Å². The quantitative estimate of drug-likeness (QED) is 0.712. The lowest BCUT2D eigenvalue weighted by molar-refractivity contribution is 0.101. The summed E-state index contributed by atoms with van der Waals surface area (Å²) in [7, 11) is -3.68. The van der Waals surface area contributed by atoms with Gasteiger partial charge in [0.1, 0.15) is 0 Å². The minimum atomic E-state index is -3.68. The predicted octanol–water partition coefficient (Wildman–Crippen LogP) is 3.70. The van der Waals surface area contributed by atoms with Crippen LogP contribution in [0.3, 0.4) is 0 Å². The van der Waals surface area contributed by atoms with Gasteiger partial charge in [-0.05, 0) is 62.4 Å². The van der Waals surface area contributed by atoms with Gasteiger partial charge in [-0.1, -0.05) is 25.1 Å². The number of likely N-dealkylation sites (tertiary alicyclic amines) is 1. The van der Waals surface area contributed by atoms with Crippen molar-refractivity contribution in [3.63, 3.8) is 0 Å². The van der Waals surface area contributed by atoms with Crippen LogP contribution in [0.5, 0.6) is 0 Å². The summed E-state index contributed by atoms with van der Waals surface area (Å²) >= 11 is 1.66. The van der Waals surface area contributed by atoms with Crippen LogP contribution in [0, 0.1) is 5.92 Å². The summed E-state index contributed by atoms with van der Waals surface area (Å²) in [6.07, 6.45) is 2.27. The topological polar surface area (TPSA) is 66.5 Å². The molecular formula is C20H26N2O3S2. The first-order chi connectivity index (χ1) is 12.9. The Labute approximate surface area is 165 Å². The molecule has 0 bridgehead atoms. The Morgan fingerprint density at radius 2 is 2.00 bits per heavy atom. The third-order valence-electron chi connectivity index (χ3n) is 5.15. The summed E-state index contributed by atoms with van der Waals surface area (Å²) in [5.74, 6) is 0.571. The highest BCUT2D eigenvalue weighted by Crippen LogP contribution is 2.29. The largest absolute Gasteiger partial charge is 0.295 e. The second kappa shape index (κ2) is 8.65. The fraction of sp³-hybridized carbons (Fsp3) is 0.450. The maximum atomic E-state index is 12.8. The number of nitrogens with one attached hydrogen (secondary N) is 1. The van der Waals surface area contributed by atoms with Crippen molar-refractivity contribution < 1.29 is 13.2 Å². The number of benzene rings is 1. The number of Topliss-reactive ketones (excluding diaryl/α,β-unsaturated/α-hetero) is 1. The van der Waals surface area contributed by atoms with Crippen LogP contribution in [0.4, 0.5) is 0 Å². The molecule has 146 valence electrons. The first kappa shape index (κ1) is 20.2. The van der Waals surface area contributed by atoms with Crippen LogP contribution in [0.1, 0.15) is 48.0 Å². The molecule has 5 nitrogen and oxygen atoms in total. The lowest BCUT2D eigenvalue weighted by Gasteiger charge is -2.36. The van der Waals surface area contributed by atoms with E-state index in [9.17, 15) is 13.2 Å². The lowest BCUT2D eigenvalue weighted by Crippen LogP contribution is -2.41. The number of thiophene rings is 1. The maximum Gasteiger partial charge on any atom is 0.240 e. The minimum absolute atomic E-state index is 0.0308. The second-order valence-electron chi connectivity index (χ2n) is 7.19. The molecule has 1 aromatic heterocycles. The van der Waals surface area contributed by atoms with Crippen molar-refractivity contribution in [3.8, 4) is 0 Å². The Balaban J connectivity index is 1.76. The van der Waals surface area contributed by atoms with Gasteiger partial charge in [0.25, 0.3) is 0 Å². The number of carbonyl (C=O) groups excluding carboxylic acids is 1. The van der Waals surface area contributed by atoms with Gasteiger partial charge in [0.2, 0.25) is 10.0 Å². The summed E-state index contributed by atoms with van der Waals surface area (Å²) in [6.45, 7) is 5.98. The standard InChI is InChI=1S/C20H26N2O3S2/c1-15-8-10-22(11-9-15)19(20-7-4-12-26-20)14-21-27(24,25)18-6-3-5-17(13-18)16(2)23/h3-7,12-13,15,19,21H,8-11,14H2,1-2H3. The molecule has 1 atom stereocenters. The molecule has 1 fully saturated rings. The highest BCUT2D eigenvalue weighted by Gasteiger charge is 2.27. The SMILES string of the molecule is CC(=O)c1cccc(S(=O)(=O)NCC(c2cccs2)N2CCC(C)CC2)c1. The zero-order chi connectivity index (χ0) is 19.4. The van der Waals surface area contributed by atoms with Gasteiger partial charge in [0.15, 0.2) is 5.78 Å². The highest BCUT2D eigenvalue weighted by molar-refractivity contribution is 7.89. The number of hydrogen-bond acceptors (Lipinski definition) is 5. The summed E-state index contributed by atoms with van der Waals surface area (Å²) in [5, 5.41) is 2.03. The molecule has 7 heteroatoms. The van der Waals surface area contributed by atoms with E-state index in [4.69, 9.17) is 0 Å². The number of ketones is 1. The van der Waals surface area contributed by atoms with E-state index in [0.29, 0.717) is 12.1 Å². The first-order valence-corrected chi connectivity index (χ1v) is 11.6. The second-order valence-corrected chi connectivity index (χ2v) is 9.93. The van der Waals surface area contributed by atoms with E-state index in [-0.39, 0.29) is 16.7 Å². The van der Waals surface area contributed by atoms with E-state index in [0.717, 1.165) is 31.8 Å². The fourth-order valence-corrected chi connectivity index (χ4v) is 5.33. The average Bonchev–Trinajstić information content (AvgIpc) is 3.18. The lowest BCUT2D eigenvalue weighted by atomic mass is 9.97. The Morgan fingerprint density at radius 1 is 1.26 bits per heavy atom. The average molecular weight is 407 g/mol. The molecule has 2 aromatic rings.